The average molecular weight is 218 g/mol. The Hall–Kier alpha value is -0.610. The van der Waals surface area contributed by atoms with Crippen molar-refractivity contribution in [1.82, 2.24) is 14.8 Å². The molecule has 0 bridgehead atoms. The minimum Gasteiger partial charge on any atom is -0.380 e. The highest BCUT2D eigenvalue weighted by atomic mass is 35.5. The van der Waals surface area contributed by atoms with Gasteiger partial charge >= 0.3 is 0 Å². The smallest absolute Gasteiger partial charge is 0.225 e. The highest BCUT2D eigenvalue weighted by Gasteiger charge is 2.11. The summed E-state index contributed by atoms with van der Waals surface area (Å²) in [6.45, 7) is 4.80. The summed E-state index contributed by atoms with van der Waals surface area (Å²) >= 11 is 5.92. The van der Waals surface area contributed by atoms with Gasteiger partial charge in [-0.2, -0.15) is 0 Å². The molecule has 1 aromatic heterocycles. The van der Waals surface area contributed by atoms with E-state index in [9.17, 15) is 0 Å². The van der Waals surface area contributed by atoms with Gasteiger partial charge in [0.1, 0.15) is 5.82 Å². The number of hydrogen-bond acceptors (Lipinski definition) is 3. The molecule has 0 N–H and O–H groups in total. The predicted octanol–water partition coefficient (Wildman–Crippen LogP) is 1.92. The lowest BCUT2D eigenvalue weighted by Gasteiger charge is -2.12. The molecule has 0 aliphatic carbocycles. The number of halogens is 1. The molecule has 0 aliphatic heterocycles. The molecule has 0 radical (unpaired) electrons. The second-order valence-corrected chi connectivity index (χ2v) is 3.63. The van der Waals surface area contributed by atoms with Crippen molar-refractivity contribution in [3.8, 4) is 0 Å². The predicted molar refractivity (Wildman–Crippen MR) is 55.5 cm³/mol. The van der Waals surface area contributed by atoms with E-state index in [2.05, 4.69) is 17.1 Å². The van der Waals surface area contributed by atoms with Crippen LogP contribution in [0.25, 0.3) is 0 Å². The van der Waals surface area contributed by atoms with Crippen LogP contribution in [-0.2, 0) is 17.7 Å². The molecule has 0 aromatic carbocycles. The van der Waals surface area contributed by atoms with Gasteiger partial charge in [-0.15, -0.1) is 10.2 Å². The zero-order valence-electron chi connectivity index (χ0n) is 8.83. The highest BCUT2D eigenvalue weighted by molar-refractivity contribution is 6.28. The lowest BCUT2D eigenvalue weighted by atomic mass is 10.3. The van der Waals surface area contributed by atoms with Crippen LogP contribution in [0.1, 0.15) is 26.1 Å². The van der Waals surface area contributed by atoms with Crippen molar-refractivity contribution in [1.29, 1.82) is 0 Å². The quantitative estimate of drug-likeness (QED) is 0.757. The Balaban J connectivity index is 2.76. The maximum atomic E-state index is 5.92. The van der Waals surface area contributed by atoms with Crippen molar-refractivity contribution < 1.29 is 4.74 Å². The molecule has 1 unspecified atom stereocenters. The van der Waals surface area contributed by atoms with Crippen molar-refractivity contribution in [3.63, 3.8) is 0 Å². The molecular formula is C9H16ClN3O. The molecular weight excluding hydrogens is 202 g/mol. The first kappa shape index (κ1) is 11.5. The molecule has 0 amide bonds. The van der Waals surface area contributed by atoms with E-state index in [1.54, 1.807) is 7.11 Å². The third-order valence-corrected chi connectivity index (χ3v) is 2.38. The van der Waals surface area contributed by atoms with Crippen LogP contribution >= 0.6 is 11.6 Å². The van der Waals surface area contributed by atoms with Gasteiger partial charge in [-0.25, -0.2) is 0 Å². The first-order valence-electron chi connectivity index (χ1n) is 4.79. The van der Waals surface area contributed by atoms with Crippen LogP contribution in [0.5, 0.6) is 0 Å². The minimum atomic E-state index is 0.124. The summed E-state index contributed by atoms with van der Waals surface area (Å²) in [6.07, 6.45) is 2.06. The average Bonchev–Trinajstić information content (AvgIpc) is 2.50. The van der Waals surface area contributed by atoms with Gasteiger partial charge < -0.3 is 4.74 Å². The summed E-state index contributed by atoms with van der Waals surface area (Å²) in [6, 6.07) is 0. The van der Waals surface area contributed by atoms with Crippen LogP contribution in [0.2, 0.25) is 5.28 Å². The van der Waals surface area contributed by atoms with Gasteiger partial charge in [-0.05, 0) is 24.9 Å². The summed E-state index contributed by atoms with van der Waals surface area (Å²) in [4.78, 5) is 0. The topological polar surface area (TPSA) is 39.9 Å². The Morgan fingerprint density at radius 1 is 1.50 bits per heavy atom. The molecule has 1 aromatic rings. The third kappa shape index (κ3) is 2.69. The zero-order chi connectivity index (χ0) is 10.6. The van der Waals surface area contributed by atoms with E-state index >= 15 is 0 Å². The number of rotatable bonds is 5. The van der Waals surface area contributed by atoms with Crippen LogP contribution < -0.4 is 0 Å². The molecule has 0 fully saturated rings. The first-order chi connectivity index (χ1) is 6.69. The van der Waals surface area contributed by atoms with Crippen LogP contribution in [0, 0.1) is 0 Å². The Kier molecular flexibility index (Phi) is 4.35. The lowest BCUT2D eigenvalue weighted by Crippen LogP contribution is -2.16. The second-order valence-electron chi connectivity index (χ2n) is 3.29. The normalized spacial score (nSPS) is 13.1. The number of aryl methyl sites for hydroxylation is 1. The maximum absolute atomic E-state index is 5.92. The second kappa shape index (κ2) is 5.32. The van der Waals surface area contributed by atoms with Crippen molar-refractivity contribution in [2.75, 3.05) is 7.11 Å². The van der Waals surface area contributed by atoms with Crippen LogP contribution in [-0.4, -0.2) is 28.0 Å². The van der Waals surface area contributed by atoms with Crippen molar-refractivity contribution in [3.05, 3.63) is 11.1 Å². The monoisotopic (exact) mass is 217 g/mol. The highest BCUT2D eigenvalue weighted by Crippen LogP contribution is 2.11. The third-order valence-electron chi connectivity index (χ3n) is 2.10. The molecule has 80 valence electrons. The van der Waals surface area contributed by atoms with E-state index in [0.717, 1.165) is 18.7 Å². The zero-order valence-corrected chi connectivity index (χ0v) is 9.58. The van der Waals surface area contributed by atoms with Crippen molar-refractivity contribution in [2.45, 2.75) is 39.3 Å². The number of methoxy groups -OCH3 is 1. The van der Waals surface area contributed by atoms with Crippen LogP contribution in [0.4, 0.5) is 0 Å². The molecule has 1 atom stereocenters. The fraction of sp³-hybridized carbons (Fsp3) is 0.778. The van der Waals surface area contributed by atoms with E-state index in [0.29, 0.717) is 11.8 Å². The number of hydrogen-bond donors (Lipinski definition) is 0. The van der Waals surface area contributed by atoms with Gasteiger partial charge in [0.25, 0.3) is 0 Å². The van der Waals surface area contributed by atoms with E-state index in [1.807, 2.05) is 11.5 Å². The van der Waals surface area contributed by atoms with Gasteiger partial charge in [-0.3, -0.25) is 4.57 Å². The molecule has 0 saturated heterocycles. The molecule has 0 spiro atoms. The van der Waals surface area contributed by atoms with Crippen LogP contribution in [0.3, 0.4) is 0 Å². The number of ether oxygens (including phenoxy) is 1. The summed E-state index contributed by atoms with van der Waals surface area (Å²) < 4.78 is 7.08. The largest absolute Gasteiger partial charge is 0.380 e. The van der Waals surface area contributed by atoms with Crippen molar-refractivity contribution >= 4 is 11.6 Å². The van der Waals surface area contributed by atoms with Crippen LogP contribution in [0.15, 0.2) is 0 Å². The van der Waals surface area contributed by atoms with Gasteiger partial charge in [0.05, 0.1) is 12.6 Å². The van der Waals surface area contributed by atoms with E-state index < -0.39 is 0 Å². The standard InChI is InChI=1S/C9H16ClN3O/c1-4-5-8-11-12-9(10)13(8)6-7(2)14-3/h7H,4-6H2,1-3H3. The van der Waals surface area contributed by atoms with Gasteiger partial charge in [0, 0.05) is 13.5 Å². The summed E-state index contributed by atoms with van der Waals surface area (Å²) in [5.41, 5.74) is 0. The van der Waals surface area contributed by atoms with Gasteiger partial charge in [0.15, 0.2) is 0 Å². The fourth-order valence-electron chi connectivity index (χ4n) is 1.23. The Labute approximate surface area is 89.2 Å². The Morgan fingerprint density at radius 2 is 2.21 bits per heavy atom. The maximum Gasteiger partial charge on any atom is 0.225 e. The molecule has 0 aliphatic rings. The van der Waals surface area contributed by atoms with E-state index in [4.69, 9.17) is 16.3 Å². The molecule has 1 rings (SSSR count). The summed E-state index contributed by atoms with van der Waals surface area (Å²) in [7, 11) is 1.68. The Bertz CT molecular complexity index is 288. The van der Waals surface area contributed by atoms with Gasteiger partial charge in [0.2, 0.25) is 5.28 Å². The van der Waals surface area contributed by atoms with Crippen molar-refractivity contribution in [2.24, 2.45) is 0 Å². The lowest BCUT2D eigenvalue weighted by molar-refractivity contribution is 0.102. The summed E-state index contributed by atoms with van der Waals surface area (Å²) in [5, 5.41) is 8.31. The molecule has 14 heavy (non-hydrogen) atoms. The Morgan fingerprint density at radius 3 is 2.79 bits per heavy atom. The fourth-order valence-corrected chi connectivity index (χ4v) is 1.44. The first-order valence-corrected chi connectivity index (χ1v) is 5.17. The van der Waals surface area contributed by atoms with Gasteiger partial charge in [-0.1, -0.05) is 6.92 Å². The van der Waals surface area contributed by atoms with E-state index in [-0.39, 0.29) is 6.10 Å². The SMILES string of the molecule is CCCc1nnc(Cl)n1CC(C)OC. The molecule has 4 nitrogen and oxygen atoms in total. The molecule has 0 saturated carbocycles. The number of aromatic nitrogens is 3. The van der Waals surface area contributed by atoms with E-state index in [1.165, 1.54) is 0 Å². The molecule has 1 heterocycles. The molecule has 5 heteroatoms. The summed E-state index contributed by atoms with van der Waals surface area (Å²) in [5.74, 6) is 0.932. The number of nitrogens with zero attached hydrogens (tertiary/aromatic N) is 3. The minimum absolute atomic E-state index is 0.124.